The Morgan fingerprint density at radius 3 is 2.54 bits per heavy atom. The van der Waals surface area contributed by atoms with E-state index in [0.717, 1.165) is 62.8 Å². The molecule has 5 nitrogen and oxygen atoms in total. The Bertz CT molecular complexity index is 756. The van der Waals surface area contributed by atoms with Gasteiger partial charge in [0, 0.05) is 13.2 Å². The molecular formula is C21H28N2O3. The quantitative estimate of drug-likeness (QED) is 0.785. The van der Waals surface area contributed by atoms with Crippen molar-refractivity contribution in [2.45, 2.75) is 63.2 Å². The number of carboxylic acids is 1. The van der Waals surface area contributed by atoms with Gasteiger partial charge in [-0.2, -0.15) is 0 Å². The lowest BCUT2D eigenvalue weighted by Gasteiger charge is -2.22. The molecule has 1 aliphatic heterocycles. The van der Waals surface area contributed by atoms with E-state index in [9.17, 15) is 9.90 Å². The fraction of sp³-hybridized carbons (Fsp3) is 0.619. The third kappa shape index (κ3) is 3.63. The number of hydrogen-bond donors (Lipinski definition) is 2. The van der Waals surface area contributed by atoms with E-state index < -0.39 is 11.9 Å². The molecule has 1 atom stereocenters. The molecule has 0 bridgehead atoms. The van der Waals surface area contributed by atoms with Gasteiger partial charge in [0.05, 0.1) is 11.0 Å². The first-order valence-electron chi connectivity index (χ1n) is 10.0. The lowest BCUT2D eigenvalue weighted by Crippen LogP contribution is -2.22. The molecule has 0 radical (unpaired) electrons. The van der Waals surface area contributed by atoms with Crippen LogP contribution in [0.3, 0.4) is 0 Å². The fourth-order valence-electron chi connectivity index (χ4n) is 4.67. The molecule has 1 saturated carbocycles. The summed E-state index contributed by atoms with van der Waals surface area (Å²) in [6, 6.07) is 6.34. The first kappa shape index (κ1) is 17.5. The van der Waals surface area contributed by atoms with Gasteiger partial charge in [-0.05, 0) is 55.2 Å². The van der Waals surface area contributed by atoms with Crippen LogP contribution in [0, 0.1) is 5.92 Å². The van der Waals surface area contributed by atoms with Crippen LogP contribution in [0.15, 0.2) is 18.2 Å². The van der Waals surface area contributed by atoms with Crippen LogP contribution in [0.25, 0.3) is 11.0 Å². The van der Waals surface area contributed by atoms with Crippen LogP contribution < -0.4 is 0 Å². The lowest BCUT2D eigenvalue weighted by atomic mass is 9.85. The zero-order valence-corrected chi connectivity index (χ0v) is 15.2. The summed E-state index contributed by atoms with van der Waals surface area (Å²) in [5.74, 6) is 0.0683. The number of aromatic nitrogens is 2. The Hall–Kier alpha value is -1.88. The number of aliphatic carboxylic acids is 1. The number of fused-ring (bicyclic) bond motifs is 1. The number of carbonyl (C=O) groups is 1. The van der Waals surface area contributed by atoms with Crippen molar-refractivity contribution in [1.82, 2.24) is 9.97 Å². The molecule has 2 fully saturated rings. The zero-order chi connectivity index (χ0) is 17.9. The molecule has 5 heteroatoms. The van der Waals surface area contributed by atoms with Crippen molar-refractivity contribution in [3.63, 3.8) is 0 Å². The molecule has 2 N–H and O–H groups in total. The van der Waals surface area contributed by atoms with Crippen LogP contribution in [0.4, 0.5) is 0 Å². The minimum Gasteiger partial charge on any atom is -0.481 e. The van der Waals surface area contributed by atoms with Crippen LogP contribution in [0.5, 0.6) is 0 Å². The predicted molar refractivity (Wildman–Crippen MR) is 100 cm³/mol. The summed E-state index contributed by atoms with van der Waals surface area (Å²) in [5.41, 5.74) is 3.14. The molecule has 2 heterocycles. The summed E-state index contributed by atoms with van der Waals surface area (Å²) in [6.45, 7) is 1.64. The Morgan fingerprint density at radius 1 is 1.12 bits per heavy atom. The second kappa shape index (κ2) is 7.78. The molecule has 0 amide bonds. The van der Waals surface area contributed by atoms with Gasteiger partial charge in [0.1, 0.15) is 11.7 Å². The molecule has 2 aliphatic rings. The number of carboxylic acid groups (broad SMARTS) is 1. The first-order chi connectivity index (χ1) is 12.7. The van der Waals surface area contributed by atoms with E-state index in [1.807, 2.05) is 6.07 Å². The van der Waals surface area contributed by atoms with Gasteiger partial charge in [-0.3, -0.25) is 4.79 Å². The number of imidazole rings is 1. The number of hydrogen-bond acceptors (Lipinski definition) is 3. The molecule has 2 aromatic rings. The Balaban J connectivity index is 1.62. The number of H-pyrrole nitrogens is 1. The summed E-state index contributed by atoms with van der Waals surface area (Å²) < 4.78 is 5.46. The lowest BCUT2D eigenvalue weighted by molar-refractivity contribution is -0.140. The van der Waals surface area contributed by atoms with Crippen molar-refractivity contribution in [3.8, 4) is 0 Å². The van der Waals surface area contributed by atoms with Gasteiger partial charge in [0.25, 0.3) is 0 Å². The van der Waals surface area contributed by atoms with Gasteiger partial charge in [-0.15, -0.1) is 0 Å². The highest BCUT2D eigenvalue weighted by atomic mass is 16.5. The minimum atomic E-state index is -0.749. The maximum atomic E-state index is 12.0. The summed E-state index contributed by atoms with van der Waals surface area (Å²) >= 11 is 0. The molecular weight excluding hydrogens is 328 g/mol. The Kier molecular flexibility index (Phi) is 5.25. The SMILES string of the molecule is O=C(O)C(c1nc2ccc(C3CCOCC3)cc2[nH]1)C1CCCCCC1. The van der Waals surface area contributed by atoms with Gasteiger partial charge in [-0.25, -0.2) is 4.98 Å². The molecule has 1 aromatic carbocycles. The molecule has 1 saturated heterocycles. The zero-order valence-electron chi connectivity index (χ0n) is 15.2. The number of ether oxygens (including phenoxy) is 1. The highest BCUT2D eigenvalue weighted by Gasteiger charge is 2.32. The third-order valence-electron chi connectivity index (χ3n) is 6.15. The number of rotatable bonds is 4. The van der Waals surface area contributed by atoms with Gasteiger partial charge in [0.2, 0.25) is 0 Å². The van der Waals surface area contributed by atoms with Crippen LogP contribution in [-0.4, -0.2) is 34.3 Å². The molecule has 1 aromatic heterocycles. The largest absolute Gasteiger partial charge is 0.481 e. The van der Waals surface area contributed by atoms with Gasteiger partial charge in [-0.1, -0.05) is 31.7 Å². The molecule has 1 unspecified atom stereocenters. The number of nitrogens with one attached hydrogen (secondary N) is 1. The maximum Gasteiger partial charge on any atom is 0.314 e. The molecule has 26 heavy (non-hydrogen) atoms. The molecule has 4 rings (SSSR count). The van der Waals surface area contributed by atoms with Crippen LogP contribution in [0.2, 0.25) is 0 Å². The Labute approximate surface area is 154 Å². The summed E-state index contributed by atoms with van der Waals surface area (Å²) in [7, 11) is 0. The summed E-state index contributed by atoms with van der Waals surface area (Å²) in [5, 5.41) is 9.88. The average molecular weight is 356 g/mol. The highest BCUT2D eigenvalue weighted by molar-refractivity contribution is 5.80. The van der Waals surface area contributed by atoms with Crippen molar-refractivity contribution >= 4 is 17.0 Å². The van der Waals surface area contributed by atoms with E-state index in [4.69, 9.17) is 4.74 Å². The number of benzene rings is 1. The van der Waals surface area contributed by atoms with Crippen molar-refractivity contribution < 1.29 is 14.6 Å². The van der Waals surface area contributed by atoms with E-state index in [0.29, 0.717) is 11.7 Å². The topological polar surface area (TPSA) is 75.2 Å². The number of nitrogens with zero attached hydrogens (tertiary/aromatic N) is 1. The van der Waals surface area contributed by atoms with Crippen LogP contribution in [0.1, 0.15) is 74.6 Å². The van der Waals surface area contributed by atoms with E-state index in [1.54, 1.807) is 0 Å². The van der Waals surface area contributed by atoms with Crippen molar-refractivity contribution in [2.75, 3.05) is 13.2 Å². The van der Waals surface area contributed by atoms with Crippen molar-refractivity contribution in [1.29, 1.82) is 0 Å². The van der Waals surface area contributed by atoms with Crippen molar-refractivity contribution in [3.05, 3.63) is 29.6 Å². The van der Waals surface area contributed by atoms with E-state index in [2.05, 4.69) is 22.1 Å². The van der Waals surface area contributed by atoms with Crippen molar-refractivity contribution in [2.24, 2.45) is 5.92 Å². The van der Waals surface area contributed by atoms with Crippen LogP contribution in [-0.2, 0) is 9.53 Å². The second-order valence-electron chi connectivity index (χ2n) is 7.85. The van der Waals surface area contributed by atoms with E-state index in [1.165, 1.54) is 18.4 Å². The highest BCUT2D eigenvalue weighted by Crippen LogP contribution is 2.36. The summed E-state index contributed by atoms with van der Waals surface area (Å²) in [6.07, 6.45) is 8.77. The molecule has 140 valence electrons. The second-order valence-corrected chi connectivity index (χ2v) is 7.85. The number of aromatic amines is 1. The Morgan fingerprint density at radius 2 is 1.85 bits per heavy atom. The monoisotopic (exact) mass is 356 g/mol. The first-order valence-corrected chi connectivity index (χ1v) is 10.0. The normalized spacial score (nSPS) is 21.5. The van der Waals surface area contributed by atoms with Gasteiger partial charge < -0.3 is 14.8 Å². The predicted octanol–water partition coefficient (Wildman–Crippen LogP) is 4.60. The molecule has 1 aliphatic carbocycles. The fourth-order valence-corrected chi connectivity index (χ4v) is 4.67. The van der Waals surface area contributed by atoms with E-state index in [-0.39, 0.29) is 5.92 Å². The van der Waals surface area contributed by atoms with Gasteiger partial charge in [0.15, 0.2) is 0 Å². The third-order valence-corrected chi connectivity index (χ3v) is 6.15. The standard InChI is InChI=1S/C21H28N2O3/c24-21(25)19(15-5-3-1-2-4-6-15)20-22-17-8-7-16(13-18(17)23-20)14-9-11-26-12-10-14/h7-8,13-15,19H,1-6,9-12H2,(H,22,23)(H,24,25). The maximum absolute atomic E-state index is 12.0. The minimum absolute atomic E-state index is 0.186. The van der Waals surface area contributed by atoms with Gasteiger partial charge >= 0.3 is 5.97 Å². The summed E-state index contributed by atoms with van der Waals surface area (Å²) in [4.78, 5) is 20.0. The van der Waals surface area contributed by atoms with Crippen LogP contribution >= 0.6 is 0 Å². The molecule has 0 spiro atoms. The average Bonchev–Trinajstić information content (AvgIpc) is 2.88. The van der Waals surface area contributed by atoms with E-state index >= 15 is 0 Å². The smallest absolute Gasteiger partial charge is 0.314 e.